The highest BCUT2D eigenvalue weighted by molar-refractivity contribution is 7.92. The third-order valence-corrected chi connectivity index (χ3v) is 4.40. The van der Waals surface area contributed by atoms with E-state index in [0.29, 0.717) is 5.69 Å². The molecule has 6 heteroatoms. The SMILES string of the molecule is Cc1cc(C)c(NS(=O)(=O)c2cccnc2N)c(C)c1. The minimum Gasteiger partial charge on any atom is -0.383 e. The maximum Gasteiger partial charge on any atom is 0.265 e. The van der Waals surface area contributed by atoms with E-state index in [4.69, 9.17) is 5.73 Å². The van der Waals surface area contributed by atoms with E-state index in [9.17, 15) is 8.42 Å². The second-order valence-corrected chi connectivity index (χ2v) is 6.42. The Morgan fingerprint density at radius 1 is 1.15 bits per heavy atom. The van der Waals surface area contributed by atoms with Crippen molar-refractivity contribution in [2.24, 2.45) is 0 Å². The predicted molar refractivity (Wildman–Crippen MR) is 80.1 cm³/mol. The molecule has 0 aliphatic carbocycles. The molecule has 0 saturated heterocycles. The summed E-state index contributed by atoms with van der Waals surface area (Å²) in [5.74, 6) is -0.0117. The third-order valence-electron chi connectivity index (χ3n) is 3.00. The molecule has 0 aliphatic heterocycles. The average molecular weight is 291 g/mol. The molecule has 0 fully saturated rings. The molecule has 5 nitrogen and oxygen atoms in total. The van der Waals surface area contributed by atoms with E-state index in [1.807, 2.05) is 32.9 Å². The van der Waals surface area contributed by atoms with Gasteiger partial charge in [0.25, 0.3) is 10.0 Å². The van der Waals surface area contributed by atoms with Crippen LogP contribution in [0.1, 0.15) is 16.7 Å². The van der Waals surface area contributed by atoms with Crippen LogP contribution >= 0.6 is 0 Å². The Balaban J connectivity index is 2.47. The van der Waals surface area contributed by atoms with Gasteiger partial charge in [0, 0.05) is 6.20 Å². The van der Waals surface area contributed by atoms with Gasteiger partial charge >= 0.3 is 0 Å². The molecule has 0 bridgehead atoms. The Bertz CT molecular complexity index is 732. The predicted octanol–water partition coefficient (Wildman–Crippen LogP) is 2.39. The third kappa shape index (κ3) is 2.75. The molecule has 0 unspecified atom stereocenters. The van der Waals surface area contributed by atoms with Gasteiger partial charge in [0.2, 0.25) is 0 Å². The number of sulfonamides is 1. The fraction of sp³-hybridized carbons (Fsp3) is 0.214. The maximum atomic E-state index is 12.4. The van der Waals surface area contributed by atoms with Crippen LogP contribution in [0.15, 0.2) is 35.4 Å². The summed E-state index contributed by atoms with van der Waals surface area (Å²) >= 11 is 0. The summed E-state index contributed by atoms with van der Waals surface area (Å²) in [5, 5.41) is 0. The smallest absolute Gasteiger partial charge is 0.265 e. The van der Waals surface area contributed by atoms with Gasteiger partial charge < -0.3 is 5.73 Å². The molecule has 0 spiro atoms. The quantitative estimate of drug-likeness (QED) is 0.909. The summed E-state index contributed by atoms with van der Waals surface area (Å²) < 4.78 is 27.4. The Labute approximate surface area is 118 Å². The molecule has 20 heavy (non-hydrogen) atoms. The van der Waals surface area contributed by atoms with Crippen molar-refractivity contribution < 1.29 is 8.42 Å². The highest BCUT2D eigenvalue weighted by Crippen LogP contribution is 2.26. The second kappa shape index (κ2) is 5.13. The number of hydrogen-bond acceptors (Lipinski definition) is 4. The molecule has 3 N–H and O–H groups in total. The second-order valence-electron chi connectivity index (χ2n) is 4.77. The van der Waals surface area contributed by atoms with Crippen LogP contribution in [-0.4, -0.2) is 13.4 Å². The number of aryl methyl sites for hydroxylation is 3. The number of nitrogen functional groups attached to an aromatic ring is 1. The van der Waals surface area contributed by atoms with Crippen molar-refractivity contribution in [1.29, 1.82) is 0 Å². The first-order valence-corrected chi connectivity index (χ1v) is 7.61. The lowest BCUT2D eigenvalue weighted by Crippen LogP contribution is -2.17. The van der Waals surface area contributed by atoms with Gasteiger partial charge in [-0.15, -0.1) is 0 Å². The van der Waals surface area contributed by atoms with Crippen molar-refractivity contribution in [2.75, 3.05) is 10.5 Å². The molecular formula is C14H17N3O2S. The number of nitrogens with one attached hydrogen (secondary N) is 1. The Hall–Kier alpha value is -2.08. The fourth-order valence-electron chi connectivity index (χ4n) is 2.16. The highest BCUT2D eigenvalue weighted by atomic mass is 32.2. The van der Waals surface area contributed by atoms with Crippen molar-refractivity contribution in [3.63, 3.8) is 0 Å². The molecule has 0 saturated carbocycles. The number of aromatic nitrogens is 1. The summed E-state index contributed by atoms with van der Waals surface area (Å²) in [6, 6.07) is 6.83. The van der Waals surface area contributed by atoms with Crippen LogP contribution in [-0.2, 0) is 10.0 Å². The van der Waals surface area contributed by atoms with E-state index in [1.54, 1.807) is 6.07 Å². The first-order chi connectivity index (χ1) is 9.31. The van der Waals surface area contributed by atoms with Crippen LogP contribution in [0.2, 0.25) is 0 Å². The molecule has 2 aromatic rings. The van der Waals surface area contributed by atoms with Crippen molar-refractivity contribution in [3.8, 4) is 0 Å². The van der Waals surface area contributed by atoms with Crippen LogP contribution in [0.4, 0.5) is 11.5 Å². The number of nitrogens with zero attached hydrogens (tertiary/aromatic N) is 1. The standard InChI is InChI=1S/C14H17N3O2S/c1-9-7-10(2)13(11(3)8-9)17-20(18,19)12-5-4-6-16-14(12)15/h4-8,17H,1-3H3,(H2,15,16). The molecule has 0 atom stereocenters. The highest BCUT2D eigenvalue weighted by Gasteiger charge is 2.19. The normalized spacial score (nSPS) is 11.3. The van der Waals surface area contributed by atoms with Gasteiger partial charge in [-0.05, 0) is 44.0 Å². The van der Waals surface area contributed by atoms with Crippen molar-refractivity contribution in [1.82, 2.24) is 4.98 Å². The minimum absolute atomic E-state index is 0.0117. The van der Waals surface area contributed by atoms with E-state index in [-0.39, 0.29) is 10.7 Å². The summed E-state index contributed by atoms with van der Waals surface area (Å²) in [7, 11) is -3.74. The monoisotopic (exact) mass is 291 g/mol. The summed E-state index contributed by atoms with van der Waals surface area (Å²) in [6.07, 6.45) is 1.46. The van der Waals surface area contributed by atoms with Crippen molar-refractivity contribution >= 4 is 21.5 Å². The van der Waals surface area contributed by atoms with E-state index < -0.39 is 10.0 Å². The van der Waals surface area contributed by atoms with Crippen LogP contribution < -0.4 is 10.5 Å². The molecule has 1 aromatic heterocycles. The Morgan fingerprint density at radius 2 is 1.75 bits per heavy atom. The van der Waals surface area contributed by atoms with Gasteiger partial charge in [0.15, 0.2) is 0 Å². The Kier molecular flexibility index (Phi) is 3.67. The molecule has 0 aliphatic rings. The van der Waals surface area contributed by atoms with Gasteiger partial charge in [-0.3, -0.25) is 4.72 Å². The fourth-order valence-corrected chi connectivity index (χ4v) is 3.45. The summed E-state index contributed by atoms with van der Waals surface area (Å²) in [5.41, 5.74) is 9.04. The number of pyridine rings is 1. The van der Waals surface area contributed by atoms with Crippen LogP contribution in [0.3, 0.4) is 0 Å². The van der Waals surface area contributed by atoms with E-state index in [0.717, 1.165) is 16.7 Å². The van der Waals surface area contributed by atoms with Crippen LogP contribution in [0.5, 0.6) is 0 Å². The Morgan fingerprint density at radius 3 is 2.30 bits per heavy atom. The lowest BCUT2D eigenvalue weighted by Gasteiger charge is -2.14. The maximum absolute atomic E-state index is 12.4. The zero-order chi connectivity index (χ0) is 14.9. The molecule has 2 rings (SSSR count). The molecular weight excluding hydrogens is 274 g/mol. The van der Waals surface area contributed by atoms with Gasteiger partial charge in [-0.2, -0.15) is 0 Å². The van der Waals surface area contributed by atoms with E-state index in [1.165, 1.54) is 12.3 Å². The molecule has 1 aromatic carbocycles. The van der Waals surface area contributed by atoms with Crippen molar-refractivity contribution in [2.45, 2.75) is 25.7 Å². The molecule has 106 valence electrons. The van der Waals surface area contributed by atoms with Crippen LogP contribution in [0.25, 0.3) is 0 Å². The van der Waals surface area contributed by atoms with Crippen molar-refractivity contribution in [3.05, 3.63) is 47.2 Å². The van der Waals surface area contributed by atoms with Crippen LogP contribution in [0, 0.1) is 20.8 Å². The number of rotatable bonds is 3. The lowest BCUT2D eigenvalue weighted by molar-refractivity contribution is 0.601. The zero-order valence-corrected chi connectivity index (χ0v) is 12.5. The average Bonchev–Trinajstić information content (AvgIpc) is 2.34. The number of hydrogen-bond donors (Lipinski definition) is 2. The first-order valence-electron chi connectivity index (χ1n) is 6.12. The van der Waals surface area contributed by atoms with Gasteiger partial charge in [-0.25, -0.2) is 13.4 Å². The summed E-state index contributed by atoms with van der Waals surface area (Å²) in [6.45, 7) is 5.70. The first kappa shape index (κ1) is 14.3. The van der Waals surface area contributed by atoms with E-state index >= 15 is 0 Å². The number of nitrogens with two attached hydrogens (primary N) is 1. The molecule has 0 amide bonds. The van der Waals surface area contributed by atoms with Gasteiger partial charge in [0.1, 0.15) is 10.7 Å². The van der Waals surface area contributed by atoms with E-state index in [2.05, 4.69) is 9.71 Å². The largest absolute Gasteiger partial charge is 0.383 e. The van der Waals surface area contributed by atoms with Gasteiger partial charge in [-0.1, -0.05) is 17.7 Å². The van der Waals surface area contributed by atoms with Gasteiger partial charge in [0.05, 0.1) is 5.69 Å². The zero-order valence-electron chi connectivity index (χ0n) is 11.6. The summed E-state index contributed by atoms with van der Waals surface area (Å²) in [4.78, 5) is 3.79. The number of benzene rings is 1. The number of anilines is 2. The lowest BCUT2D eigenvalue weighted by atomic mass is 10.1. The molecule has 1 heterocycles. The topological polar surface area (TPSA) is 85.1 Å². The minimum atomic E-state index is -3.74. The molecule has 0 radical (unpaired) electrons.